The highest BCUT2D eigenvalue weighted by Gasteiger charge is 2.06. The monoisotopic (exact) mass is 360 g/mol. The lowest BCUT2D eigenvalue weighted by atomic mass is 10.1. The first-order valence-electron chi connectivity index (χ1n) is 8.33. The van der Waals surface area contributed by atoms with Crippen molar-refractivity contribution in [2.24, 2.45) is 0 Å². The fourth-order valence-electron chi connectivity index (χ4n) is 2.48. The van der Waals surface area contributed by atoms with Crippen molar-refractivity contribution in [1.29, 1.82) is 0 Å². The molecule has 0 unspecified atom stereocenters. The van der Waals surface area contributed by atoms with Crippen molar-refractivity contribution in [3.05, 3.63) is 52.5 Å². The summed E-state index contributed by atoms with van der Waals surface area (Å²) in [5.74, 6) is 0.781. The van der Waals surface area contributed by atoms with Crippen molar-refractivity contribution in [3.8, 4) is 5.75 Å². The molecule has 4 nitrogen and oxygen atoms in total. The van der Waals surface area contributed by atoms with E-state index < -0.39 is 0 Å². The highest BCUT2D eigenvalue weighted by atomic mass is 35.5. The van der Waals surface area contributed by atoms with Crippen LogP contribution in [0.5, 0.6) is 5.75 Å². The van der Waals surface area contributed by atoms with Gasteiger partial charge in [0.2, 0.25) is 5.91 Å². The van der Waals surface area contributed by atoms with Gasteiger partial charge in [0.05, 0.1) is 6.61 Å². The van der Waals surface area contributed by atoms with Gasteiger partial charge in [0.15, 0.2) is 0 Å². The maximum atomic E-state index is 12.0. The molecule has 0 spiro atoms. The minimum atomic E-state index is -0.00956. The lowest BCUT2D eigenvalue weighted by Crippen LogP contribution is -2.13. The van der Waals surface area contributed by atoms with Crippen LogP contribution in [-0.2, 0) is 4.79 Å². The van der Waals surface area contributed by atoms with Crippen molar-refractivity contribution >= 4 is 28.9 Å². The lowest BCUT2D eigenvalue weighted by Gasteiger charge is -2.13. The van der Waals surface area contributed by atoms with E-state index in [9.17, 15) is 4.79 Å². The first-order chi connectivity index (χ1) is 11.9. The minimum Gasteiger partial charge on any atom is -0.494 e. The maximum Gasteiger partial charge on any atom is 0.224 e. The largest absolute Gasteiger partial charge is 0.494 e. The Bertz CT molecular complexity index is 704. The van der Waals surface area contributed by atoms with Crippen LogP contribution in [0.2, 0.25) is 5.02 Å². The molecule has 2 aromatic carbocycles. The Balaban J connectivity index is 1.75. The molecule has 0 heterocycles. The molecule has 0 aliphatic rings. The van der Waals surface area contributed by atoms with E-state index in [1.807, 2.05) is 69.2 Å². The van der Waals surface area contributed by atoms with Gasteiger partial charge in [-0.25, -0.2) is 0 Å². The summed E-state index contributed by atoms with van der Waals surface area (Å²) >= 11 is 6.15. The standard InChI is InChI=1S/C20H25ClN2O2/c1-14-12-18(13-15(2)20(14)21)25-11-5-6-19(24)22-16-7-9-17(10-8-16)23(3)4/h7-10,12-13H,5-6,11H2,1-4H3,(H,22,24). The Labute approximate surface area is 154 Å². The Morgan fingerprint density at radius 1 is 1.12 bits per heavy atom. The number of halogens is 1. The predicted octanol–water partition coefficient (Wildman–Crippen LogP) is 4.82. The normalized spacial score (nSPS) is 10.4. The van der Waals surface area contributed by atoms with E-state index in [1.54, 1.807) is 0 Å². The molecule has 1 N–H and O–H groups in total. The van der Waals surface area contributed by atoms with Crippen molar-refractivity contribution in [2.45, 2.75) is 26.7 Å². The van der Waals surface area contributed by atoms with E-state index in [-0.39, 0.29) is 5.91 Å². The third-order valence-electron chi connectivity index (χ3n) is 3.89. The fraction of sp³-hybridized carbons (Fsp3) is 0.350. The second-order valence-corrected chi connectivity index (χ2v) is 6.69. The molecule has 2 aromatic rings. The van der Waals surface area contributed by atoms with Crippen LogP contribution >= 0.6 is 11.6 Å². The van der Waals surface area contributed by atoms with Gasteiger partial charge < -0.3 is 15.0 Å². The van der Waals surface area contributed by atoms with Gasteiger partial charge in [-0.2, -0.15) is 0 Å². The van der Waals surface area contributed by atoms with Crippen LogP contribution in [0.1, 0.15) is 24.0 Å². The van der Waals surface area contributed by atoms with Gasteiger partial charge in [0.25, 0.3) is 0 Å². The molecule has 1 amide bonds. The molecule has 134 valence electrons. The SMILES string of the molecule is Cc1cc(OCCCC(=O)Nc2ccc(N(C)C)cc2)cc(C)c1Cl. The van der Waals surface area contributed by atoms with E-state index in [2.05, 4.69) is 5.32 Å². The summed E-state index contributed by atoms with van der Waals surface area (Å²) in [5, 5.41) is 3.67. The number of hydrogen-bond acceptors (Lipinski definition) is 3. The van der Waals surface area contributed by atoms with Gasteiger partial charge in [-0.15, -0.1) is 0 Å². The first kappa shape index (κ1) is 19.1. The summed E-state index contributed by atoms with van der Waals surface area (Å²) in [6.45, 7) is 4.40. The summed E-state index contributed by atoms with van der Waals surface area (Å²) in [5.41, 5.74) is 3.89. The van der Waals surface area contributed by atoms with E-state index in [0.717, 1.165) is 33.3 Å². The van der Waals surface area contributed by atoms with Crippen LogP contribution in [0.4, 0.5) is 11.4 Å². The number of rotatable bonds is 7. The Kier molecular flexibility index (Phi) is 6.71. The van der Waals surface area contributed by atoms with E-state index in [4.69, 9.17) is 16.3 Å². The average Bonchev–Trinajstić information content (AvgIpc) is 2.57. The topological polar surface area (TPSA) is 41.6 Å². The van der Waals surface area contributed by atoms with Gasteiger partial charge in [-0.05, 0) is 67.8 Å². The van der Waals surface area contributed by atoms with Crippen LogP contribution in [0.15, 0.2) is 36.4 Å². The summed E-state index contributed by atoms with van der Waals surface area (Å²) < 4.78 is 5.72. The third kappa shape index (κ3) is 5.68. The van der Waals surface area contributed by atoms with Gasteiger partial charge in [0, 0.05) is 36.9 Å². The van der Waals surface area contributed by atoms with E-state index in [1.165, 1.54) is 0 Å². The zero-order valence-electron chi connectivity index (χ0n) is 15.2. The van der Waals surface area contributed by atoms with Crippen molar-refractivity contribution < 1.29 is 9.53 Å². The lowest BCUT2D eigenvalue weighted by molar-refractivity contribution is -0.116. The summed E-state index contributed by atoms with van der Waals surface area (Å²) in [6, 6.07) is 11.6. The third-order valence-corrected chi connectivity index (χ3v) is 4.49. The molecule has 0 aliphatic carbocycles. The molecule has 0 bridgehead atoms. The van der Waals surface area contributed by atoms with E-state index >= 15 is 0 Å². The number of aryl methyl sites for hydroxylation is 2. The van der Waals surface area contributed by atoms with Crippen LogP contribution in [0.25, 0.3) is 0 Å². The number of carbonyl (C=O) groups is 1. The number of amides is 1. The molecule has 0 saturated heterocycles. The van der Waals surface area contributed by atoms with Crippen molar-refractivity contribution in [1.82, 2.24) is 0 Å². The van der Waals surface area contributed by atoms with Gasteiger partial charge in [-0.1, -0.05) is 11.6 Å². The number of nitrogens with one attached hydrogen (secondary N) is 1. The quantitative estimate of drug-likeness (QED) is 0.719. The Morgan fingerprint density at radius 2 is 1.72 bits per heavy atom. The molecule has 0 aliphatic heterocycles. The fourth-order valence-corrected chi connectivity index (χ4v) is 2.59. The second-order valence-electron chi connectivity index (χ2n) is 6.31. The molecule has 0 saturated carbocycles. The zero-order valence-corrected chi connectivity index (χ0v) is 16.0. The number of hydrogen-bond donors (Lipinski definition) is 1. The number of nitrogens with zero attached hydrogens (tertiary/aromatic N) is 1. The second kappa shape index (κ2) is 8.77. The molecule has 5 heteroatoms. The number of carbonyl (C=O) groups excluding carboxylic acids is 1. The first-order valence-corrected chi connectivity index (χ1v) is 8.71. The Morgan fingerprint density at radius 3 is 2.28 bits per heavy atom. The van der Waals surface area contributed by atoms with E-state index in [0.29, 0.717) is 19.4 Å². The van der Waals surface area contributed by atoms with Gasteiger partial charge in [-0.3, -0.25) is 4.79 Å². The van der Waals surface area contributed by atoms with Crippen LogP contribution in [-0.4, -0.2) is 26.6 Å². The van der Waals surface area contributed by atoms with Gasteiger partial charge in [0.1, 0.15) is 5.75 Å². The van der Waals surface area contributed by atoms with Crippen molar-refractivity contribution in [3.63, 3.8) is 0 Å². The van der Waals surface area contributed by atoms with Crippen LogP contribution < -0.4 is 15.0 Å². The van der Waals surface area contributed by atoms with Gasteiger partial charge >= 0.3 is 0 Å². The zero-order chi connectivity index (χ0) is 18.4. The molecular weight excluding hydrogens is 336 g/mol. The summed E-state index contributed by atoms with van der Waals surface area (Å²) in [6.07, 6.45) is 1.07. The predicted molar refractivity (Wildman–Crippen MR) is 105 cm³/mol. The molecule has 0 atom stereocenters. The maximum absolute atomic E-state index is 12.0. The van der Waals surface area contributed by atoms with Crippen LogP contribution in [0, 0.1) is 13.8 Å². The molecule has 0 radical (unpaired) electrons. The molecule has 2 rings (SSSR count). The van der Waals surface area contributed by atoms with Crippen LogP contribution in [0.3, 0.4) is 0 Å². The smallest absolute Gasteiger partial charge is 0.224 e. The summed E-state index contributed by atoms with van der Waals surface area (Å²) in [4.78, 5) is 14.0. The average molecular weight is 361 g/mol. The number of benzene rings is 2. The Hall–Kier alpha value is -2.20. The molecule has 0 fully saturated rings. The molecular formula is C20H25ClN2O2. The molecule has 25 heavy (non-hydrogen) atoms. The number of anilines is 2. The number of ether oxygens (including phenoxy) is 1. The highest BCUT2D eigenvalue weighted by Crippen LogP contribution is 2.26. The summed E-state index contributed by atoms with van der Waals surface area (Å²) in [7, 11) is 3.97. The van der Waals surface area contributed by atoms with Crippen molar-refractivity contribution in [2.75, 3.05) is 30.9 Å². The minimum absolute atomic E-state index is 0.00956. The molecule has 0 aromatic heterocycles. The highest BCUT2D eigenvalue weighted by molar-refractivity contribution is 6.32.